The maximum Gasteiger partial charge on any atom is 0.269 e. The Kier molecular flexibility index (Phi) is 9.71. The van der Waals surface area contributed by atoms with Crippen molar-refractivity contribution in [3.63, 3.8) is 0 Å². The molecule has 0 atom stereocenters. The number of ether oxygens (including phenoxy) is 1. The summed E-state index contributed by atoms with van der Waals surface area (Å²) < 4.78 is 6.36. The molecule has 0 spiro atoms. The van der Waals surface area contributed by atoms with Crippen LogP contribution >= 0.6 is 15.9 Å². The number of rotatable bonds is 9. The van der Waals surface area contributed by atoms with Crippen LogP contribution in [0.4, 0.5) is 5.69 Å². The zero-order chi connectivity index (χ0) is 23.7. The molecule has 8 heteroatoms. The number of halogens is 1. The summed E-state index contributed by atoms with van der Waals surface area (Å²) in [5.41, 5.74) is 7.95. The minimum absolute atomic E-state index is 0.00257. The van der Waals surface area contributed by atoms with Gasteiger partial charge < -0.3 is 10.1 Å². The highest BCUT2D eigenvalue weighted by atomic mass is 79.9. The van der Waals surface area contributed by atoms with Crippen LogP contribution < -0.4 is 20.9 Å². The smallest absolute Gasteiger partial charge is 0.269 e. The van der Waals surface area contributed by atoms with Crippen LogP contribution in [0.15, 0.2) is 40.9 Å². The molecular weight excluding hydrogens is 474 g/mol. The lowest BCUT2D eigenvalue weighted by molar-refractivity contribution is -0.124. The number of carbonyl (C=O) groups is 3. The molecule has 0 fully saturated rings. The fourth-order valence-corrected chi connectivity index (χ4v) is 3.19. The first-order valence-electron chi connectivity index (χ1n) is 10.5. The molecule has 0 saturated carbocycles. The SMILES string of the molecule is Cc1ccc(NC(=O)CCC(=O)NNC(=O)c2ccc(OCCC(C)C)c(Br)c2)cc1C. The van der Waals surface area contributed by atoms with Crippen LogP contribution in [0.3, 0.4) is 0 Å². The Labute approximate surface area is 197 Å². The van der Waals surface area contributed by atoms with Gasteiger partial charge in [-0.1, -0.05) is 19.9 Å². The highest BCUT2D eigenvalue weighted by Gasteiger charge is 2.12. The van der Waals surface area contributed by atoms with Crippen molar-refractivity contribution in [2.75, 3.05) is 11.9 Å². The van der Waals surface area contributed by atoms with Crippen LogP contribution in [-0.2, 0) is 9.59 Å². The zero-order valence-electron chi connectivity index (χ0n) is 18.9. The minimum Gasteiger partial charge on any atom is -0.492 e. The Hall–Kier alpha value is -2.87. The van der Waals surface area contributed by atoms with Gasteiger partial charge in [0.05, 0.1) is 11.1 Å². The van der Waals surface area contributed by atoms with E-state index in [1.54, 1.807) is 18.2 Å². The second kappa shape index (κ2) is 12.2. The Morgan fingerprint density at radius 1 is 0.938 bits per heavy atom. The van der Waals surface area contributed by atoms with Gasteiger partial charge in [0.2, 0.25) is 11.8 Å². The van der Waals surface area contributed by atoms with Gasteiger partial charge in [0.25, 0.3) is 5.91 Å². The van der Waals surface area contributed by atoms with Gasteiger partial charge in [-0.3, -0.25) is 25.2 Å². The molecule has 3 amide bonds. The van der Waals surface area contributed by atoms with E-state index in [0.717, 1.165) is 17.5 Å². The van der Waals surface area contributed by atoms with E-state index in [1.807, 2.05) is 32.0 Å². The third-order valence-corrected chi connectivity index (χ3v) is 5.45. The number of nitrogens with one attached hydrogen (secondary N) is 3. The second-order valence-corrected chi connectivity index (χ2v) is 8.88. The average Bonchev–Trinajstić information content (AvgIpc) is 2.74. The molecule has 172 valence electrons. The molecule has 32 heavy (non-hydrogen) atoms. The molecule has 0 heterocycles. The molecule has 0 saturated heterocycles. The van der Waals surface area contributed by atoms with Crippen LogP contribution in [0.2, 0.25) is 0 Å². The van der Waals surface area contributed by atoms with Gasteiger partial charge in [0, 0.05) is 24.1 Å². The maximum atomic E-state index is 12.3. The molecule has 0 aliphatic heterocycles. The van der Waals surface area contributed by atoms with Crippen molar-refractivity contribution in [2.24, 2.45) is 5.92 Å². The molecule has 0 radical (unpaired) electrons. The topological polar surface area (TPSA) is 96.5 Å². The lowest BCUT2D eigenvalue weighted by Crippen LogP contribution is -2.41. The first-order chi connectivity index (χ1) is 15.2. The second-order valence-electron chi connectivity index (χ2n) is 8.03. The number of anilines is 1. The van der Waals surface area contributed by atoms with Crippen LogP contribution in [0.1, 0.15) is 54.6 Å². The summed E-state index contributed by atoms with van der Waals surface area (Å²) in [6.07, 6.45) is 0.884. The molecule has 2 aromatic carbocycles. The Bertz CT molecular complexity index is 976. The summed E-state index contributed by atoms with van der Waals surface area (Å²) in [5.74, 6) is 0.00158. The van der Waals surface area contributed by atoms with E-state index in [0.29, 0.717) is 34.0 Å². The molecule has 0 bridgehead atoms. The predicted octanol–water partition coefficient (Wildman–Crippen LogP) is 4.67. The molecule has 0 aromatic heterocycles. The molecule has 3 N–H and O–H groups in total. The van der Waals surface area contributed by atoms with Gasteiger partial charge in [-0.2, -0.15) is 0 Å². The molecular formula is C24H30BrN3O4. The third kappa shape index (κ3) is 8.34. The first-order valence-corrected chi connectivity index (χ1v) is 11.3. The Balaban J connectivity index is 1.76. The van der Waals surface area contributed by atoms with Gasteiger partial charge in [0.1, 0.15) is 5.75 Å². The molecule has 0 unspecified atom stereocenters. The van der Waals surface area contributed by atoms with E-state index in [4.69, 9.17) is 4.74 Å². The summed E-state index contributed by atoms with van der Waals surface area (Å²) in [5, 5.41) is 2.76. The molecule has 2 rings (SSSR count). The monoisotopic (exact) mass is 503 g/mol. The van der Waals surface area contributed by atoms with Crippen molar-refractivity contribution >= 4 is 39.3 Å². The number of amides is 3. The summed E-state index contributed by atoms with van der Waals surface area (Å²) >= 11 is 3.40. The average molecular weight is 504 g/mol. The van der Waals surface area contributed by atoms with Crippen molar-refractivity contribution in [3.05, 3.63) is 57.6 Å². The summed E-state index contributed by atoms with van der Waals surface area (Å²) in [6, 6.07) is 10.6. The maximum absolute atomic E-state index is 12.3. The number of carbonyl (C=O) groups excluding carboxylic acids is 3. The van der Waals surface area contributed by atoms with Crippen LogP contribution in [0.25, 0.3) is 0 Å². The van der Waals surface area contributed by atoms with Gasteiger partial charge in [-0.25, -0.2) is 0 Å². The minimum atomic E-state index is -0.465. The number of hydrogen-bond acceptors (Lipinski definition) is 4. The van der Waals surface area contributed by atoms with Gasteiger partial charge in [-0.05, 0) is 83.6 Å². The number of hydrazine groups is 1. The largest absolute Gasteiger partial charge is 0.492 e. The number of aryl methyl sites for hydroxylation is 2. The zero-order valence-corrected chi connectivity index (χ0v) is 20.5. The predicted molar refractivity (Wildman–Crippen MR) is 128 cm³/mol. The number of benzene rings is 2. The molecule has 2 aromatic rings. The van der Waals surface area contributed by atoms with Crippen molar-refractivity contribution in [3.8, 4) is 5.75 Å². The van der Waals surface area contributed by atoms with Crippen molar-refractivity contribution in [1.29, 1.82) is 0 Å². The number of hydrogen-bond donors (Lipinski definition) is 3. The fraction of sp³-hybridized carbons (Fsp3) is 0.375. The summed E-state index contributed by atoms with van der Waals surface area (Å²) in [7, 11) is 0. The van der Waals surface area contributed by atoms with Crippen molar-refractivity contribution in [1.82, 2.24) is 10.9 Å². The summed E-state index contributed by atoms with van der Waals surface area (Å²) in [6.45, 7) is 8.80. The molecule has 0 aliphatic rings. The Morgan fingerprint density at radius 2 is 1.66 bits per heavy atom. The van der Waals surface area contributed by atoms with E-state index in [-0.39, 0.29) is 18.7 Å². The molecule has 0 aliphatic carbocycles. The quantitative estimate of drug-likeness (QED) is 0.433. The van der Waals surface area contributed by atoms with E-state index in [1.165, 1.54) is 0 Å². The van der Waals surface area contributed by atoms with Crippen LogP contribution in [0.5, 0.6) is 5.75 Å². The van der Waals surface area contributed by atoms with E-state index in [2.05, 4.69) is 45.9 Å². The van der Waals surface area contributed by atoms with Crippen molar-refractivity contribution < 1.29 is 19.1 Å². The highest BCUT2D eigenvalue weighted by Crippen LogP contribution is 2.26. The van der Waals surface area contributed by atoms with Crippen LogP contribution in [0, 0.1) is 19.8 Å². The lowest BCUT2D eigenvalue weighted by atomic mass is 10.1. The third-order valence-electron chi connectivity index (χ3n) is 4.83. The van der Waals surface area contributed by atoms with Gasteiger partial charge >= 0.3 is 0 Å². The van der Waals surface area contributed by atoms with Gasteiger partial charge in [0.15, 0.2) is 0 Å². The first kappa shape index (κ1) is 25.4. The normalized spacial score (nSPS) is 10.6. The van der Waals surface area contributed by atoms with Gasteiger partial charge in [-0.15, -0.1) is 0 Å². The fourth-order valence-electron chi connectivity index (χ4n) is 2.69. The summed E-state index contributed by atoms with van der Waals surface area (Å²) in [4.78, 5) is 36.3. The van der Waals surface area contributed by atoms with E-state index in [9.17, 15) is 14.4 Å². The van der Waals surface area contributed by atoms with E-state index >= 15 is 0 Å². The van der Waals surface area contributed by atoms with E-state index < -0.39 is 11.8 Å². The lowest BCUT2D eigenvalue weighted by Gasteiger charge is -2.12. The van der Waals surface area contributed by atoms with Crippen molar-refractivity contribution in [2.45, 2.75) is 47.0 Å². The Morgan fingerprint density at radius 3 is 2.31 bits per heavy atom. The van der Waals surface area contributed by atoms with Crippen LogP contribution in [-0.4, -0.2) is 24.3 Å². The molecule has 7 nitrogen and oxygen atoms in total. The standard InChI is InChI=1S/C24H30BrN3O4/c1-15(2)11-12-32-21-8-6-18(14-20(21)25)24(31)28-27-23(30)10-9-22(29)26-19-7-5-16(3)17(4)13-19/h5-8,13-15H,9-12H2,1-4H3,(H,26,29)(H,27,30)(H,28,31). The highest BCUT2D eigenvalue weighted by molar-refractivity contribution is 9.10.